The van der Waals surface area contributed by atoms with E-state index in [9.17, 15) is 18.8 Å². The van der Waals surface area contributed by atoms with Gasteiger partial charge in [-0.05, 0) is 79.9 Å². The minimum absolute atomic E-state index is 0.0246. The van der Waals surface area contributed by atoms with Crippen molar-refractivity contribution in [1.29, 1.82) is 0 Å². The van der Waals surface area contributed by atoms with Gasteiger partial charge in [0.1, 0.15) is 23.9 Å². The van der Waals surface area contributed by atoms with Crippen LogP contribution in [0.2, 0.25) is 0 Å². The monoisotopic (exact) mass is 832 g/mol. The first kappa shape index (κ1) is 41.4. The standard InChI is InChI=1S/C41H44BF3N6O7S/c1-25-19-26(2)50-34(25)21-29-6-5-28(51(29)42(50,44)45)7-10-37(52)46-13-15-56-16-17-57-35-20-27-11-12-48-41(3,24-38(53)49-40-47-14-18-59-40)32(27)23-36(35)58-30-8-9-31(33(43)22-30)39(54)55-4/h5-6,8-9,14,18-23,48H,7,10-13,15-17,24H2,1-4H3,(H,46,52)(H,47,49,53)/t41-/m1/s1. The van der Waals surface area contributed by atoms with Crippen LogP contribution in [0.5, 0.6) is 17.2 Å². The van der Waals surface area contributed by atoms with Gasteiger partial charge in [-0.25, -0.2) is 14.2 Å². The van der Waals surface area contributed by atoms with Gasteiger partial charge in [0.15, 0.2) is 22.3 Å². The lowest BCUT2D eigenvalue weighted by molar-refractivity contribution is -0.362. The summed E-state index contributed by atoms with van der Waals surface area (Å²) in [5, 5.41) is 11.3. The van der Waals surface area contributed by atoms with Crippen LogP contribution in [0.4, 0.5) is 18.2 Å². The summed E-state index contributed by atoms with van der Waals surface area (Å²) in [6.45, 7) is 2.51. The Hall–Kier alpha value is -5.72. The highest BCUT2D eigenvalue weighted by Gasteiger charge is 2.52. The zero-order valence-electron chi connectivity index (χ0n) is 33.0. The average Bonchev–Trinajstić information content (AvgIpc) is 3.93. The summed E-state index contributed by atoms with van der Waals surface area (Å²) in [4.78, 5) is 41.9. The molecule has 5 heterocycles. The first-order valence-corrected chi connectivity index (χ1v) is 20.1. The molecular formula is C41H44BF3N6O7S. The number of fused-ring (bicyclic) bond motifs is 3. The molecular weight excluding hydrogens is 788 g/mol. The van der Waals surface area contributed by atoms with E-state index in [1.165, 1.54) is 23.5 Å². The molecule has 2 aromatic carbocycles. The number of carbonyl (C=O) groups excluding carboxylic acids is 3. The molecule has 0 unspecified atom stereocenters. The number of hydrogen-bond acceptors (Lipinski definition) is 10. The molecule has 2 amide bonds. The van der Waals surface area contributed by atoms with Gasteiger partial charge in [-0.1, -0.05) is 0 Å². The molecule has 3 aliphatic heterocycles. The van der Waals surface area contributed by atoms with Crippen LogP contribution in [0.3, 0.4) is 0 Å². The molecule has 18 heteroatoms. The SMILES string of the molecule is COC(=O)c1ccc(Oc2cc3c(cc2OCCOCCNC(=O)CCC2=[N+]4C(=Cc5c(C)cc(C)n5[B-]4(F)F)C=C2)CCN[C@]3(C)CC(=O)Nc2nccs2)cc1F. The van der Waals surface area contributed by atoms with E-state index in [0.717, 1.165) is 38.8 Å². The van der Waals surface area contributed by atoms with E-state index in [1.54, 1.807) is 48.9 Å². The molecule has 1 atom stereocenters. The number of hydrogen-bond donors (Lipinski definition) is 3. The van der Waals surface area contributed by atoms with Crippen molar-refractivity contribution in [3.05, 3.63) is 105 Å². The highest BCUT2D eigenvalue weighted by atomic mass is 32.1. The molecule has 7 rings (SSSR count). The van der Waals surface area contributed by atoms with E-state index in [4.69, 9.17) is 14.2 Å². The largest absolute Gasteiger partial charge is 0.737 e. The molecule has 0 bridgehead atoms. The van der Waals surface area contributed by atoms with E-state index in [0.29, 0.717) is 46.6 Å². The van der Waals surface area contributed by atoms with Gasteiger partial charge in [0.2, 0.25) is 11.8 Å². The summed E-state index contributed by atoms with van der Waals surface area (Å²) in [7, 11) is 1.16. The van der Waals surface area contributed by atoms with Crippen LogP contribution in [0.1, 0.15) is 64.6 Å². The second-order valence-corrected chi connectivity index (χ2v) is 15.5. The number of aryl methyl sites for hydroxylation is 2. The van der Waals surface area contributed by atoms with Gasteiger partial charge < -0.3 is 52.5 Å². The minimum atomic E-state index is -4.10. The Morgan fingerprint density at radius 2 is 1.90 bits per heavy atom. The predicted octanol–water partition coefficient (Wildman–Crippen LogP) is 6.26. The van der Waals surface area contributed by atoms with Crippen molar-refractivity contribution in [2.24, 2.45) is 0 Å². The van der Waals surface area contributed by atoms with Crippen LogP contribution >= 0.6 is 11.3 Å². The van der Waals surface area contributed by atoms with Crippen molar-refractivity contribution in [1.82, 2.24) is 20.1 Å². The van der Waals surface area contributed by atoms with Crippen LogP contribution in [0.15, 0.2) is 65.8 Å². The minimum Gasteiger partial charge on any atom is -0.487 e. The van der Waals surface area contributed by atoms with Crippen LogP contribution in [0.25, 0.3) is 6.08 Å². The third-order valence-corrected chi connectivity index (χ3v) is 11.2. The van der Waals surface area contributed by atoms with E-state index < -0.39 is 24.3 Å². The number of halogens is 3. The number of nitrogens with one attached hydrogen (secondary N) is 3. The smallest absolute Gasteiger partial charge is 0.487 e. The molecule has 2 aromatic heterocycles. The highest BCUT2D eigenvalue weighted by Crippen LogP contribution is 2.42. The first-order valence-electron chi connectivity index (χ1n) is 19.2. The van der Waals surface area contributed by atoms with Crippen molar-refractivity contribution in [3.63, 3.8) is 0 Å². The van der Waals surface area contributed by atoms with Crippen molar-refractivity contribution in [3.8, 4) is 17.2 Å². The van der Waals surface area contributed by atoms with Crippen LogP contribution in [-0.4, -0.2) is 84.4 Å². The summed E-state index contributed by atoms with van der Waals surface area (Å²) >= 11 is 1.32. The van der Waals surface area contributed by atoms with Gasteiger partial charge in [-0.15, -0.1) is 11.3 Å². The van der Waals surface area contributed by atoms with Crippen molar-refractivity contribution in [2.45, 2.75) is 52.0 Å². The molecule has 0 saturated heterocycles. The second-order valence-electron chi connectivity index (χ2n) is 14.6. The summed E-state index contributed by atoms with van der Waals surface area (Å²) in [6.07, 6.45) is 7.55. The molecule has 59 heavy (non-hydrogen) atoms. The fourth-order valence-electron chi connectivity index (χ4n) is 7.77. The lowest BCUT2D eigenvalue weighted by atomic mass is 9.81. The van der Waals surface area contributed by atoms with Gasteiger partial charge in [0.05, 0.1) is 25.9 Å². The lowest BCUT2D eigenvalue weighted by Crippen LogP contribution is -2.50. The quantitative estimate of drug-likeness (QED) is 0.0677. The second kappa shape index (κ2) is 17.3. The summed E-state index contributed by atoms with van der Waals surface area (Å²) in [6, 6.07) is 9.13. The maximum absolute atomic E-state index is 15.7. The number of rotatable bonds is 16. The number of esters is 1. The number of ether oxygens (including phenoxy) is 4. The normalized spacial score (nSPS) is 17.4. The van der Waals surface area contributed by atoms with Crippen LogP contribution in [-0.2, 0) is 31.0 Å². The fourth-order valence-corrected chi connectivity index (χ4v) is 8.32. The Morgan fingerprint density at radius 3 is 2.66 bits per heavy atom. The summed E-state index contributed by atoms with van der Waals surface area (Å²) in [5.41, 5.74) is 3.24. The molecule has 0 radical (unpaired) electrons. The van der Waals surface area contributed by atoms with E-state index in [1.807, 2.05) is 19.9 Å². The number of benzene rings is 2. The number of amides is 2. The predicted molar refractivity (Wildman–Crippen MR) is 217 cm³/mol. The fraction of sp³-hybridized carbons (Fsp3) is 0.341. The Morgan fingerprint density at radius 1 is 1.07 bits per heavy atom. The van der Waals surface area contributed by atoms with Crippen LogP contribution in [0, 0.1) is 19.7 Å². The van der Waals surface area contributed by atoms with Gasteiger partial charge in [0.25, 0.3) is 0 Å². The number of thiazole rings is 1. The maximum Gasteiger partial charge on any atom is 0.737 e. The number of methoxy groups -OCH3 is 1. The third-order valence-electron chi connectivity index (χ3n) is 10.5. The number of carbonyl (C=O) groups is 3. The van der Waals surface area contributed by atoms with Gasteiger partial charge in [-0.3, -0.25) is 9.59 Å². The Bertz CT molecular complexity index is 2380. The number of allylic oxidation sites excluding steroid dienone is 2. The molecule has 0 aliphatic carbocycles. The topological polar surface area (TPSA) is 145 Å². The van der Waals surface area contributed by atoms with Crippen molar-refractivity contribution in [2.75, 3.05) is 45.3 Å². The Labute approximate surface area is 343 Å². The summed E-state index contributed by atoms with van der Waals surface area (Å²) in [5.74, 6) is -1.48. The number of nitrogens with zero attached hydrogens (tertiary/aromatic N) is 3. The first-order chi connectivity index (χ1) is 28.3. The van der Waals surface area contributed by atoms with Gasteiger partial charge in [0, 0.05) is 79.5 Å². The highest BCUT2D eigenvalue weighted by molar-refractivity contribution is 7.13. The zero-order chi connectivity index (χ0) is 41.9. The van der Waals surface area contributed by atoms with E-state index >= 15 is 8.63 Å². The molecule has 4 aromatic rings. The molecule has 3 aliphatic rings. The maximum atomic E-state index is 15.7. The lowest BCUT2D eigenvalue weighted by Gasteiger charge is -2.37. The third kappa shape index (κ3) is 8.84. The molecule has 0 spiro atoms. The number of anilines is 1. The summed E-state index contributed by atoms with van der Waals surface area (Å²) < 4.78 is 71.1. The van der Waals surface area contributed by atoms with E-state index in [2.05, 4.69) is 25.7 Å². The zero-order valence-corrected chi connectivity index (χ0v) is 33.9. The van der Waals surface area contributed by atoms with Gasteiger partial charge >= 0.3 is 12.9 Å². The Balaban J connectivity index is 0.952. The van der Waals surface area contributed by atoms with Gasteiger partial charge in [-0.2, -0.15) is 0 Å². The average molecular weight is 833 g/mol. The molecule has 0 saturated carbocycles. The molecule has 13 nitrogen and oxygen atoms in total. The van der Waals surface area contributed by atoms with E-state index in [-0.39, 0.29) is 74.5 Å². The van der Waals surface area contributed by atoms with Crippen molar-refractivity contribution >= 4 is 53.0 Å². The Kier molecular flexibility index (Phi) is 12.1. The van der Waals surface area contributed by atoms with Crippen molar-refractivity contribution < 1.29 is 50.8 Å². The van der Waals surface area contributed by atoms with Crippen LogP contribution < -0.4 is 25.4 Å². The molecule has 0 fully saturated rings. The molecule has 310 valence electrons. The molecule has 3 N–H and O–H groups in total. The number of aromatic nitrogens is 2.